The van der Waals surface area contributed by atoms with Crippen LogP contribution in [0, 0.1) is 0 Å². The van der Waals surface area contributed by atoms with Gasteiger partial charge >= 0.3 is 0 Å². The molecule has 21 heavy (non-hydrogen) atoms. The Labute approximate surface area is 136 Å². The lowest BCUT2D eigenvalue weighted by Crippen LogP contribution is -2.05. The molecule has 0 aliphatic heterocycles. The van der Waals surface area contributed by atoms with E-state index < -0.39 is 0 Å². The zero-order valence-electron chi connectivity index (χ0n) is 14.1. The molecular formula is C16H34O3Si2. The van der Waals surface area contributed by atoms with Gasteiger partial charge in [0.05, 0.1) is 13.2 Å². The van der Waals surface area contributed by atoms with E-state index in [1.165, 1.54) is 24.9 Å². The van der Waals surface area contributed by atoms with Crippen LogP contribution in [0.4, 0.5) is 0 Å². The second-order valence-electron chi connectivity index (χ2n) is 5.75. The fourth-order valence-corrected chi connectivity index (χ4v) is 5.33. The van der Waals surface area contributed by atoms with Crippen LogP contribution in [-0.2, 0) is 13.6 Å². The molecule has 0 saturated carbocycles. The Kier molecular flexibility index (Phi) is 16.0. The molecule has 0 rings (SSSR count). The average Bonchev–Trinajstić information content (AvgIpc) is 2.42. The van der Waals surface area contributed by atoms with Crippen LogP contribution < -0.4 is 0 Å². The molecule has 0 spiro atoms. The summed E-state index contributed by atoms with van der Waals surface area (Å²) in [6.45, 7) is 14.8. The normalized spacial score (nSPS) is 11.9. The smallest absolute Gasteiger partial charge is 0.146 e. The van der Waals surface area contributed by atoms with Gasteiger partial charge in [-0.25, -0.2) is 0 Å². The van der Waals surface area contributed by atoms with Gasteiger partial charge in [-0.05, 0) is 38.8 Å². The lowest BCUT2D eigenvalue weighted by molar-refractivity contribution is 0.153. The van der Waals surface area contributed by atoms with Crippen LogP contribution in [0.25, 0.3) is 0 Å². The standard InChI is InChI=1S/C16H34O3Si2/c1-15(2)13-17-9-5-7-11-20-19-21-12-8-6-10-18-14-16(3)4/h1,3,5-14,20-21H2,2,4H3. The quantitative estimate of drug-likeness (QED) is 0.247. The Morgan fingerprint density at radius 1 is 0.762 bits per heavy atom. The van der Waals surface area contributed by atoms with Gasteiger partial charge in [0.2, 0.25) is 0 Å². The van der Waals surface area contributed by atoms with Crippen LogP contribution in [0.5, 0.6) is 0 Å². The molecule has 0 aromatic carbocycles. The molecule has 0 aromatic rings. The number of hydrogen-bond donors (Lipinski definition) is 0. The van der Waals surface area contributed by atoms with E-state index in [2.05, 4.69) is 13.2 Å². The van der Waals surface area contributed by atoms with Crippen LogP contribution in [0.3, 0.4) is 0 Å². The zero-order chi connectivity index (χ0) is 15.8. The number of hydrogen-bond acceptors (Lipinski definition) is 3. The highest BCUT2D eigenvalue weighted by Gasteiger charge is 1.95. The fourth-order valence-electron chi connectivity index (χ4n) is 1.76. The van der Waals surface area contributed by atoms with Crippen molar-refractivity contribution in [3.63, 3.8) is 0 Å². The predicted molar refractivity (Wildman–Crippen MR) is 97.5 cm³/mol. The summed E-state index contributed by atoms with van der Waals surface area (Å²) < 4.78 is 16.8. The van der Waals surface area contributed by atoms with Crippen molar-refractivity contribution in [2.45, 2.75) is 51.6 Å². The third kappa shape index (κ3) is 19.8. The summed E-state index contributed by atoms with van der Waals surface area (Å²) in [5.41, 5.74) is 2.20. The highest BCUT2D eigenvalue weighted by Crippen LogP contribution is 2.00. The first-order valence-corrected chi connectivity index (χ1v) is 11.3. The monoisotopic (exact) mass is 330 g/mol. The topological polar surface area (TPSA) is 27.7 Å². The minimum atomic E-state index is -0.247. The summed E-state index contributed by atoms with van der Waals surface area (Å²) in [5, 5.41) is 0. The van der Waals surface area contributed by atoms with Gasteiger partial charge in [0.1, 0.15) is 19.5 Å². The molecule has 124 valence electrons. The van der Waals surface area contributed by atoms with Gasteiger partial charge in [0.15, 0.2) is 0 Å². The Hall–Kier alpha value is -0.206. The van der Waals surface area contributed by atoms with Gasteiger partial charge in [-0.3, -0.25) is 0 Å². The first-order valence-electron chi connectivity index (χ1n) is 8.15. The summed E-state index contributed by atoms with van der Waals surface area (Å²) in [6.07, 6.45) is 4.83. The number of unbranched alkanes of at least 4 members (excludes halogenated alkanes) is 2. The van der Waals surface area contributed by atoms with Crippen molar-refractivity contribution < 1.29 is 13.6 Å². The molecule has 0 aromatic heterocycles. The molecular weight excluding hydrogens is 296 g/mol. The van der Waals surface area contributed by atoms with Crippen molar-refractivity contribution in [2.75, 3.05) is 26.4 Å². The Balaban J connectivity index is 2.99. The highest BCUT2D eigenvalue weighted by molar-refractivity contribution is 6.42. The second-order valence-corrected chi connectivity index (χ2v) is 9.62. The molecule has 0 radical (unpaired) electrons. The van der Waals surface area contributed by atoms with Gasteiger partial charge in [-0.1, -0.05) is 37.1 Å². The first-order chi connectivity index (χ1) is 10.1. The molecule has 5 heteroatoms. The largest absolute Gasteiger partial charge is 0.465 e. The van der Waals surface area contributed by atoms with Crippen molar-refractivity contribution >= 4 is 19.5 Å². The van der Waals surface area contributed by atoms with Gasteiger partial charge in [-0.2, -0.15) is 0 Å². The molecule has 0 aliphatic carbocycles. The average molecular weight is 331 g/mol. The molecule has 0 N–H and O–H groups in total. The van der Waals surface area contributed by atoms with E-state index in [1.54, 1.807) is 0 Å². The lowest BCUT2D eigenvalue weighted by Gasteiger charge is -2.05. The number of ether oxygens (including phenoxy) is 2. The predicted octanol–water partition coefficient (Wildman–Crippen LogP) is 2.75. The third-order valence-corrected chi connectivity index (χ3v) is 6.74. The Bertz CT molecular complexity index is 244. The number of rotatable bonds is 16. The summed E-state index contributed by atoms with van der Waals surface area (Å²) in [4.78, 5) is 0. The maximum atomic E-state index is 5.89. The van der Waals surface area contributed by atoms with Crippen molar-refractivity contribution in [3.05, 3.63) is 24.3 Å². The fraction of sp³-hybridized carbons (Fsp3) is 0.750. The summed E-state index contributed by atoms with van der Waals surface area (Å²) >= 11 is 0. The SMILES string of the molecule is C=C(C)COCCCC[SiH2]O[SiH2]CCCCOCC(=C)C. The van der Waals surface area contributed by atoms with Crippen molar-refractivity contribution in [1.29, 1.82) is 0 Å². The molecule has 0 bridgehead atoms. The zero-order valence-corrected chi connectivity index (χ0v) is 17.0. The van der Waals surface area contributed by atoms with Crippen LogP contribution in [0.1, 0.15) is 39.5 Å². The van der Waals surface area contributed by atoms with Gasteiger partial charge in [0, 0.05) is 13.2 Å². The minimum Gasteiger partial charge on any atom is -0.465 e. The summed E-state index contributed by atoms with van der Waals surface area (Å²) in [5.74, 6) is 0. The highest BCUT2D eigenvalue weighted by atomic mass is 28.3. The van der Waals surface area contributed by atoms with Crippen molar-refractivity contribution in [2.24, 2.45) is 0 Å². The van der Waals surface area contributed by atoms with Crippen LogP contribution in [0.2, 0.25) is 12.1 Å². The summed E-state index contributed by atoms with van der Waals surface area (Å²) in [7, 11) is -0.495. The second kappa shape index (κ2) is 16.2. The van der Waals surface area contributed by atoms with E-state index in [1.807, 2.05) is 13.8 Å². The lowest BCUT2D eigenvalue weighted by atomic mass is 10.3. The van der Waals surface area contributed by atoms with Gasteiger partial charge < -0.3 is 13.6 Å². The minimum absolute atomic E-state index is 0.247. The van der Waals surface area contributed by atoms with E-state index in [4.69, 9.17) is 13.6 Å². The first kappa shape index (κ1) is 20.8. The van der Waals surface area contributed by atoms with Gasteiger partial charge in [-0.15, -0.1) is 0 Å². The van der Waals surface area contributed by atoms with E-state index in [9.17, 15) is 0 Å². The van der Waals surface area contributed by atoms with Crippen LogP contribution >= 0.6 is 0 Å². The molecule has 0 amide bonds. The molecule has 0 heterocycles. The third-order valence-electron chi connectivity index (χ3n) is 2.85. The molecule has 0 saturated heterocycles. The molecule has 0 fully saturated rings. The molecule has 3 nitrogen and oxygen atoms in total. The maximum absolute atomic E-state index is 5.89. The van der Waals surface area contributed by atoms with E-state index >= 15 is 0 Å². The van der Waals surface area contributed by atoms with Crippen LogP contribution in [-0.4, -0.2) is 46.0 Å². The summed E-state index contributed by atoms with van der Waals surface area (Å²) in [6, 6.07) is 2.59. The maximum Gasteiger partial charge on any atom is 0.146 e. The van der Waals surface area contributed by atoms with E-state index in [-0.39, 0.29) is 19.5 Å². The Morgan fingerprint density at radius 2 is 1.19 bits per heavy atom. The van der Waals surface area contributed by atoms with Gasteiger partial charge in [0.25, 0.3) is 0 Å². The Morgan fingerprint density at radius 3 is 1.57 bits per heavy atom. The van der Waals surface area contributed by atoms with E-state index in [0.29, 0.717) is 13.2 Å². The molecule has 0 unspecified atom stereocenters. The molecule has 0 aliphatic rings. The van der Waals surface area contributed by atoms with Crippen LogP contribution in [0.15, 0.2) is 24.3 Å². The van der Waals surface area contributed by atoms with Crippen molar-refractivity contribution in [1.82, 2.24) is 0 Å². The van der Waals surface area contributed by atoms with Crippen molar-refractivity contribution in [3.8, 4) is 0 Å². The van der Waals surface area contributed by atoms with E-state index in [0.717, 1.165) is 37.2 Å². The molecule has 0 atom stereocenters.